The SMILES string of the molecule is Cc1nccc2nc(NCCN3CCN(S(=O)(=O)c4ccc(S(C)(=O)=O)cc4)CC3)ccc12. The van der Waals surface area contributed by atoms with Gasteiger partial charge in [0, 0.05) is 62.8 Å². The summed E-state index contributed by atoms with van der Waals surface area (Å²) in [5.41, 5.74) is 1.85. The second-order valence-corrected chi connectivity index (χ2v) is 12.0. The maximum absolute atomic E-state index is 12.9. The average Bonchev–Trinajstić information content (AvgIpc) is 2.79. The van der Waals surface area contributed by atoms with E-state index in [-0.39, 0.29) is 9.79 Å². The monoisotopic (exact) mass is 489 g/mol. The first-order valence-corrected chi connectivity index (χ1v) is 14.0. The molecule has 0 saturated carbocycles. The number of hydrogen-bond donors (Lipinski definition) is 1. The molecule has 0 bridgehead atoms. The number of aromatic nitrogens is 2. The zero-order valence-electron chi connectivity index (χ0n) is 18.6. The number of nitrogens with zero attached hydrogens (tertiary/aromatic N) is 4. The fraction of sp³-hybridized carbons (Fsp3) is 0.364. The number of piperazine rings is 1. The van der Waals surface area contributed by atoms with E-state index in [4.69, 9.17) is 0 Å². The molecule has 1 aliphatic heterocycles. The fourth-order valence-electron chi connectivity index (χ4n) is 3.84. The standard InChI is InChI=1S/C22H27N5O4S2/c1-17-20-7-8-22(25-21(20)9-10-23-17)24-11-12-26-13-15-27(16-14-26)33(30,31)19-5-3-18(4-6-19)32(2,28)29/h3-10H,11-16H2,1-2H3,(H,24,25). The second-order valence-electron chi connectivity index (χ2n) is 8.08. The highest BCUT2D eigenvalue weighted by Crippen LogP contribution is 2.20. The van der Waals surface area contributed by atoms with Gasteiger partial charge in [0.05, 0.1) is 15.3 Å². The Kier molecular flexibility index (Phi) is 6.66. The minimum Gasteiger partial charge on any atom is -0.369 e. The van der Waals surface area contributed by atoms with Crippen LogP contribution in [-0.4, -0.2) is 81.5 Å². The Morgan fingerprint density at radius 1 is 0.909 bits per heavy atom. The number of fused-ring (bicyclic) bond motifs is 1. The summed E-state index contributed by atoms with van der Waals surface area (Å²) in [7, 11) is -7.02. The molecule has 0 radical (unpaired) electrons. The summed E-state index contributed by atoms with van der Waals surface area (Å²) < 4.78 is 50.5. The van der Waals surface area contributed by atoms with Crippen molar-refractivity contribution in [3.05, 3.63) is 54.4 Å². The van der Waals surface area contributed by atoms with Gasteiger partial charge in [-0.15, -0.1) is 0 Å². The molecule has 0 aliphatic carbocycles. The van der Waals surface area contributed by atoms with Gasteiger partial charge in [0.1, 0.15) is 5.82 Å². The number of benzene rings is 1. The normalized spacial score (nSPS) is 16.2. The first kappa shape index (κ1) is 23.6. The van der Waals surface area contributed by atoms with Crippen molar-refractivity contribution in [2.45, 2.75) is 16.7 Å². The Balaban J connectivity index is 1.30. The van der Waals surface area contributed by atoms with Crippen molar-refractivity contribution in [1.82, 2.24) is 19.2 Å². The van der Waals surface area contributed by atoms with Gasteiger partial charge in [-0.2, -0.15) is 4.31 Å². The molecule has 0 unspecified atom stereocenters. The van der Waals surface area contributed by atoms with E-state index in [0.29, 0.717) is 32.7 Å². The lowest BCUT2D eigenvalue weighted by molar-refractivity contribution is 0.194. The molecule has 11 heteroatoms. The summed E-state index contributed by atoms with van der Waals surface area (Å²) >= 11 is 0. The molecule has 33 heavy (non-hydrogen) atoms. The number of anilines is 1. The lowest BCUT2D eigenvalue weighted by Crippen LogP contribution is -2.49. The first-order chi connectivity index (χ1) is 15.6. The third-order valence-electron chi connectivity index (χ3n) is 5.77. The molecule has 1 N–H and O–H groups in total. The fourth-order valence-corrected chi connectivity index (χ4v) is 5.89. The Labute approximate surface area is 194 Å². The Morgan fingerprint density at radius 3 is 2.24 bits per heavy atom. The van der Waals surface area contributed by atoms with Gasteiger partial charge >= 0.3 is 0 Å². The van der Waals surface area contributed by atoms with Gasteiger partial charge in [0.25, 0.3) is 0 Å². The van der Waals surface area contributed by atoms with Gasteiger partial charge in [-0.1, -0.05) is 0 Å². The van der Waals surface area contributed by atoms with Crippen LogP contribution in [0.25, 0.3) is 10.9 Å². The molecule has 1 aromatic carbocycles. The van der Waals surface area contributed by atoms with Gasteiger partial charge < -0.3 is 5.32 Å². The lowest BCUT2D eigenvalue weighted by Gasteiger charge is -2.34. The largest absolute Gasteiger partial charge is 0.369 e. The average molecular weight is 490 g/mol. The van der Waals surface area contributed by atoms with Gasteiger partial charge in [-0.25, -0.2) is 21.8 Å². The van der Waals surface area contributed by atoms with Gasteiger partial charge in [0.15, 0.2) is 9.84 Å². The Morgan fingerprint density at radius 2 is 1.58 bits per heavy atom. The van der Waals surface area contributed by atoms with Crippen molar-refractivity contribution in [2.24, 2.45) is 0 Å². The summed E-state index contributed by atoms with van der Waals surface area (Å²) in [6, 6.07) is 11.2. The van der Waals surface area contributed by atoms with E-state index < -0.39 is 19.9 Å². The molecular formula is C22H27N5O4S2. The summed E-state index contributed by atoms with van der Waals surface area (Å²) in [5, 5.41) is 4.37. The van der Waals surface area contributed by atoms with Crippen molar-refractivity contribution in [3.8, 4) is 0 Å². The van der Waals surface area contributed by atoms with Crippen LogP contribution in [0, 0.1) is 6.92 Å². The third kappa shape index (κ3) is 5.32. The van der Waals surface area contributed by atoms with E-state index in [0.717, 1.165) is 35.2 Å². The maximum atomic E-state index is 12.9. The van der Waals surface area contributed by atoms with Gasteiger partial charge in [-0.3, -0.25) is 9.88 Å². The smallest absolute Gasteiger partial charge is 0.243 e. The van der Waals surface area contributed by atoms with Crippen LogP contribution in [-0.2, 0) is 19.9 Å². The molecule has 1 fully saturated rings. The molecule has 9 nitrogen and oxygen atoms in total. The predicted molar refractivity (Wildman–Crippen MR) is 128 cm³/mol. The van der Waals surface area contributed by atoms with E-state index in [9.17, 15) is 16.8 Å². The maximum Gasteiger partial charge on any atom is 0.243 e. The highest BCUT2D eigenvalue weighted by molar-refractivity contribution is 7.90. The van der Waals surface area contributed by atoms with E-state index >= 15 is 0 Å². The van der Waals surface area contributed by atoms with Crippen LogP contribution in [0.5, 0.6) is 0 Å². The van der Waals surface area contributed by atoms with E-state index in [1.807, 2.05) is 25.1 Å². The van der Waals surface area contributed by atoms with E-state index in [1.54, 1.807) is 6.20 Å². The summed E-state index contributed by atoms with van der Waals surface area (Å²) in [4.78, 5) is 11.3. The number of aryl methyl sites for hydroxylation is 1. The van der Waals surface area contributed by atoms with E-state index in [1.165, 1.54) is 28.6 Å². The minimum absolute atomic E-state index is 0.103. The molecule has 176 valence electrons. The second kappa shape index (κ2) is 9.34. The van der Waals surface area contributed by atoms with Crippen LogP contribution in [0.1, 0.15) is 5.69 Å². The zero-order chi connectivity index (χ0) is 23.6. The zero-order valence-corrected chi connectivity index (χ0v) is 20.2. The van der Waals surface area contributed by atoms with Crippen molar-refractivity contribution in [2.75, 3.05) is 50.8 Å². The highest BCUT2D eigenvalue weighted by Gasteiger charge is 2.28. The first-order valence-electron chi connectivity index (χ1n) is 10.6. The number of sulfone groups is 1. The molecule has 2 aromatic heterocycles. The van der Waals surface area contributed by atoms with E-state index in [2.05, 4.69) is 20.2 Å². The Bertz CT molecular complexity index is 1350. The third-order valence-corrected chi connectivity index (χ3v) is 8.81. The molecular weight excluding hydrogens is 462 g/mol. The van der Waals surface area contributed by atoms with Crippen LogP contribution in [0.2, 0.25) is 0 Å². The molecule has 0 atom stereocenters. The van der Waals surface area contributed by atoms with Gasteiger partial charge in [-0.05, 0) is 49.4 Å². The van der Waals surface area contributed by atoms with Crippen LogP contribution in [0.3, 0.4) is 0 Å². The highest BCUT2D eigenvalue weighted by atomic mass is 32.2. The van der Waals surface area contributed by atoms with Crippen LogP contribution < -0.4 is 5.32 Å². The van der Waals surface area contributed by atoms with Crippen LogP contribution in [0.15, 0.2) is 58.5 Å². The van der Waals surface area contributed by atoms with Crippen molar-refractivity contribution < 1.29 is 16.8 Å². The summed E-state index contributed by atoms with van der Waals surface area (Å²) in [6.07, 6.45) is 2.85. The van der Waals surface area contributed by atoms with Crippen molar-refractivity contribution >= 4 is 36.6 Å². The van der Waals surface area contributed by atoms with Crippen molar-refractivity contribution in [3.63, 3.8) is 0 Å². The quantitative estimate of drug-likeness (QED) is 0.534. The molecule has 1 aliphatic rings. The number of hydrogen-bond acceptors (Lipinski definition) is 8. The molecule has 0 spiro atoms. The number of sulfonamides is 1. The number of nitrogens with one attached hydrogen (secondary N) is 1. The Hall–Kier alpha value is -2.60. The number of pyridine rings is 2. The number of rotatable bonds is 7. The molecule has 3 aromatic rings. The summed E-state index contributed by atoms with van der Waals surface area (Å²) in [5.74, 6) is 0.798. The summed E-state index contributed by atoms with van der Waals surface area (Å²) in [6.45, 7) is 5.44. The molecule has 0 amide bonds. The van der Waals surface area contributed by atoms with Gasteiger partial charge in [0.2, 0.25) is 10.0 Å². The predicted octanol–water partition coefficient (Wildman–Crippen LogP) is 1.76. The minimum atomic E-state index is -3.65. The molecule has 4 rings (SSSR count). The molecule has 3 heterocycles. The topological polar surface area (TPSA) is 113 Å². The molecule has 1 saturated heterocycles. The van der Waals surface area contributed by atoms with Crippen LogP contribution in [0.4, 0.5) is 5.82 Å². The van der Waals surface area contributed by atoms with Crippen molar-refractivity contribution in [1.29, 1.82) is 0 Å². The van der Waals surface area contributed by atoms with Crippen LogP contribution >= 0.6 is 0 Å². The lowest BCUT2D eigenvalue weighted by atomic mass is 10.2.